The summed E-state index contributed by atoms with van der Waals surface area (Å²) in [6.07, 6.45) is 10.6. The van der Waals surface area contributed by atoms with Crippen LogP contribution in [-0.2, 0) is 9.53 Å². The number of hydrogen-bond donors (Lipinski definition) is 2. The van der Waals surface area contributed by atoms with Crippen molar-refractivity contribution in [3.63, 3.8) is 0 Å². The molecule has 0 radical (unpaired) electrons. The number of aromatic hydroxyl groups is 1. The summed E-state index contributed by atoms with van der Waals surface area (Å²) < 4.78 is 5.45. The van der Waals surface area contributed by atoms with Gasteiger partial charge in [-0.15, -0.1) is 0 Å². The van der Waals surface area contributed by atoms with Gasteiger partial charge < -0.3 is 14.8 Å². The zero-order valence-electron chi connectivity index (χ0n) is 12.1. The van der Waals surface area contributed by atoms with Crippen molar-refractivity contribution in [1.29, 1.82) is 0 Å². The molecule has 9 nitrogen and oxygen atoms in total. The maximum atomic E-state index is 12.3. The van der Waals surface area contributed by atoms with Gasteiger partial charge in [0.25, 0.3) is 5.88 Å². The third-order valence-electron chi connectivity index (χ3n) is 3.52. The van der Waals surface area contributed by atoms with E-state index in [1.54, 1.807) is 24.3 Å². The molecule has 2 aliphatic rings. The van der Waals surface area contributed by atoms with Crippen LogP contribution in [0.3, 0.4) is 0 Å². The molecule has 0 spiro atoms. The monoisotopic (exact) mass is 329 g/mol. The summed E-state index contributed by atoms with van der Waals surface area (Å²) in [5.41, 5.74) is -1.88. The zero-order valence-corrected chi connectivity index (χ0v) is 12.1. The van der Waals surface area contributed by atoms with E-state index in [9.17, 15) is 24.8 Å². The molecule has 1 aromatic rings. The van der Waals surface area contributed by atoms with E-state index in [2.05, 4.69) is 9.97 Å². The number of H-pyrrole nitrogens is 1. The minimum absolute atomic E-state index is 0.127. The van der Waals surface area contributed by atoms with E-state index in [-0.39, 0.29) is 23.3 Å². The first-order valence-electron chi connectivity index (χ1n) is 6.88. The van der Waals surface area contributed by atoms with Gasteiger partial charge in [0.1, 0.15) is 11.9 Å². The molecule has 1 aliphatic heterocycles. The van der Waals surface area contributed by atoms with Crippen LogP contribution in [0.5, 0.6) is 5.88 Å². The van der Waals surface area contributed by atoms with Gasteiger partial charge >= 0.3 is 11.2 Å². The van der Waals surface area contributed by atoms with Crippen LogP contribution in [0, 0.1) is 16.0 Å². The minimum Gasteiger partial charge on any atom is -0.492 e. The van der Waals surface area contributed by atoms with Crippen molar-refractivity contribution in [2.24, 2.45) is 5.92 Å². The molecule has 3 rings (SSSR count). The predicted molar refractivity (Wildman–Crippen MR) is 81.9 cm³/mol. The van der Waals surface area contributed by atoms with Crippen LogP contribution in [0.2, 0.25) is 0 Å². The molecule has 0 aromatic carbocycles. The third-order valence-corrected chi connectivity index (χ3v) is 3.52. The molecule has 0 saturated heterocycles. The van der Waals surface area contributed by atoms with Crippen molar-refractivity contribution >= 4 is 17.5 Å². The van der Waals surface area contributed by atoms with Crippen molar-refractivity contribution in [1.82, 2.24) is 9.97 Å². The Bertz CT molecular complexity index is 893. The van der Waals surface area contributed by atoms with E-state index in [0.29, 0.717) is 0 Å². The first-order chi connectivity index (χ1) is 11.5. The molecule has 0 fully saturated rings. The van der Waals surface area contributed by atoms with Gasteiger partial charge in [0.05, 0.1) is 22.7 Å². The fourth-order valence-corrected chi connectivity index (χ4v) is 2.36. The number of carbonyl (C=O) groups is 1. The number of nitrogens with one attached hydrogen (secondary N) is 1. The number of aromatic amines is 1. The van der Waals surface area contributed by atoms with Crippen molar-refractivity contribution in [3.8, 4) is 5.88 Å². The molecule has 2 unspecified atom stereocenters. The number of hydrogen-bond acceptors (Lipinski definition) is 7. The van der Waals surface area contributed by atoms with Crippen LogP contribution >= 0.6 is 0 Å². The standard InChI is InChI=1S/C15H11N3O6/c19-13-8(7-24-10-4-2-1-3-9(10)13)5-6-11-16-14(20)12(18(22)23)15(21)17-11/h1-7,9-10H,(H2,16,17,20,21). The minimum atomic E-state index is -1.09. The highest BCUT2D eigenvalue weighted by atomic mass is 16.6. The second-order valence-corrected chi connectivity index (χ2v) is 5.05. The number of ether oxygens (including phenoxy) is 1. The molecule has 0 saturated carbocycles. The number of ketones is 1. The van der Waals surface area contributed by atoms with Gasteiger partial charge in [-0.2, -0.15) is 4.98 Å². The molecule has 122 valence electrons. The van der Waals surface area contributed by atoms with E-state index in [4.69, 9.17) is 4.74 Å². The summed E-state index contributed by atoms with van der Waals surface area (Å²) >= 11 is 0. The van der Waals surface area contributed by atoms with Gasteiger partial charge in [0.2, 0.25) is 0 Å². The van der Waals surface area contributed by atoms with Crippen LogP contribution in [0.15, 0.2) is 47.0 Å². The summed E-state index contributed by atoms with van der Waals surface area (Å²) in [6, 6.07) is 0. The topological polar surface area (TPSA) is 135 Å². The van der Waals surface area contributed by atoms with Crippen LogP contribution in [0.25, 0.3) is 6.08 Å². The highest BCUT2D eigenvalue weighted by molar-refractivity contribution is 6.02. The molecule has 24 heavy (non-hydrogen) atoms. The Hall–Kier alpha value is -3.49. The van der Waals surface area contributed by atoms with Crippen molar-refractivity contribution in [2.45, 2.75) is 6.10 Å². The third kappa shape index (κ3) is 2.74. The Morgan fingerprint density at radius 2 is 2.04 bits per heavy atom. The Kier molecular flexibility index (Phi) is 3.82. The zero-order chi connectivity index (χ0) is 17.3. The maximum Gasteiger partial charge on any atom is 0.395 e. The van der Waals surface area contributed by atoms with Gasteiger partial charge in [-0.3, -0.25) is 19.7 Å². The molecule has 1 aromatic heterocycles. The number of fused-ring (bicyclic) bond motifs is 1. The van der Waals surface area contributed by atoms with Gasteiger partial charge in [0, 0.05) is 0 Å². The molecule has 9 heteroatoms. The van der Waals surface area contributed by atoms with Crippen molar-refractivity contribution in [2.75, 3.05) is 0 Å². The lowest BCUT2D eigenvalue weighted by Gasteiger charge is -2.27. The van der Waals surface area contributed by atoms with Crippen molar-refractivity contribution < 1.29 is 19.6 Å². The fourth-order valence-electron chi connectivity index (χ4n) is 2.36. The first-order valence-corrected chi connectivity index (χ1v) is 6.88. The Morgan fingerprint density at radius 1 is 1.29 bits per heavy atom. The first kappa shape index (κ1) is 15.4. The normalized spacial score (nSPS) is 22.2. The number of allylic oxidation sites excluding steroid dienone is 4. The number of carbonyl (C=O) groups excluding carboxylic acids is 1. The summed E-state index contributed by atoms with van der Waals surface area (Å²) in [5.74, 6) is -1.73. The quantitative estimate of drug-likeness (QED) is 0.623. The number of nitro groups is 1. The highest BCUT2D eigenvalue weighted by Crippen LogP contribution is 2.26. The molecular formula is C15H11N3O6. The average molecular weight is 329 g/mol. The summed E-state index contributed by atoms with van der Waals surface area (Å²) in [4.78, 5) is 39.1. The SMILES string of the molecule is O=C1C(C=Cc2nc(O)c([N+](=O)[O-])c(=O)[nH]2)=COC2C=CC=CC12. The lowest BCUT2D eigenvalue weighted by molar-refractivity contribution is -0.387. The fraction of sp³-hybridized carbons (Fsp3) is 0.133. The summed E-state index contributed by atoms with van der Waals surface area (Å²) in [5, 5.41) is 20.1. The Labute approximate surface area is 134 Å². The van der Waals surface area contributed by atoms with Gasteiger partial charge in [-0.25, -0.2) is 0 Å². The van der Waals surface area contributed by atoms with E-state index >= 15 is 0 Å². The van der Waals surface area contributed by atoms with E-state index in [0.717, 1.165) is 0 Å². The van der Waals surface area contributed by atoms with E-state index in [1.807, 2.05) is 0 Å². The summed E-state index contributed by atoms with van der Waals surface area (Å²) in [7, 11) is 0. The van der Waals surface area contributed by atoms with E-state index < -0.39 is 28.0 Å². The molecule has 0 amide bonds. The van der Waals surface area contributed by atoms with Gasteiger partial charge in [-0.1, -0.05) is 18.2 Å². The van der Waals surface area contributed by atoms with Crippen LogP contribution in [0.1, 0.15) is 5.82 Å². The van der Waals surface area contributed by atoms with Crippen LogP contribution < -0.4 is 5.56 Å². The molecule has 2 N–H and O–H groups in total. The lowest BCUT2D eigenvalue weighted by atomic mass is 9.88. The highest BCUT2D eigenvalue weighted by Gasteiger charge is 2.31. The Morgan fingerprint density at radius 3 is 2.75 bits per heavy atom. The molecule has 0 bridgehead atoms. The van der Waals surface area contributed by atoms with Crippen LogP contribution in [-0.4, -0.2) is 31.9 Å². The number of nitrogens with zero attached hydrogens (tertiary/aromatic N) is 2. The largest absolute Gasteiger partial charge is 0.492 e. The molecule has 2 heterocycles. The Balaban J connectivity index is 1.86. The molecular weight excluding hydrogens is 318 g/mol. The summed E-state index contributed by atoms with van der Waals surface area (Å²) in [6.45, 7) is 0. The van der Waals surface area contributed by atoms with Crippen LogP contribution in [0.4, 0.5) is 5.69 Å². The van der Waals surface area contributed by atoms with Gasteiger partial charge in [-0.05, 0) is 18.2 Å². The van der Waals surface area contributed by atoms with Crippen molar-refractivity contribution in [3.05, 3.63) is 68.5 Å². The smallest absolute Gasteiger partial charge is 0.395 e. The second kappa shape index (κ2) is 5.95. The van der Waals surface area contributed by atoms with Gasteiger partial charge in [0.15, 0.2) is 5.78 Å². The lowest BCUT2D eigenvalue weighted by Crippen LogP contribution is -2.32. The average Bonchev–Trinajstić information content (AvgIpc) is 2.53. The second-order valence-electron chi connectivity index (χ2n) is 5.05. The molecule has 1 aliphatic carbocycles. The maximum absolute atomic E-state index is 12.3. The number of rotatable bonds is 3. The predicted octanol–water partition coefficient (Wildman–Crippen LogP) is 0.991. The van der Waals surface area contributed by atoms with E-state index in [1.165, 1.54) is 18.4 Å². The molecule has 2 atom stereocenters. The number of Topliss-reactive ketones (excluding diaryl/α,β-unsaturated/α-hetero) is 1. The number of aromatic nitrogens is 2.